The molecule has 0 atom stereocenters. The Bertz CT molecular complexity index is 407. The second-order valence-electron chi connectivity index (χ2n) is 5.38. The van der Waals surface area contributed by atoms with E-state index in [1.165, 1.54) is 0 Å². The Morgan fingerprint density at radius 2 is 2.11 bits per heavy atom. The first kappa shape index (κ1) is 13.2. The van der Waals surface area contributed by atoms with E-state index in [4.69, 9.17) is 10.5 Å². The molecular formula is C13H24N4O. The van der Waals surface area contributed by atoms with Gasteiger partial charge in [0.25, 0.3) is 0 Å². The van der Waals surface area contributed by atoms with Gasteiger partial charge in [-0.25, -0.2) is 0 Å². The largest absolute Gasteiger partial charge is 0.394 e. The topological polar surface area (TPSA) is 65.1 Å². The Kier molecular flexibility index (Phi) is 3.80. The fraction of sp³-hybridized carbons (Fsp3) is 0.769. The molecule has 1 aliphatic heterocycles. The van der Waals surface area contributed by atoms with Gasteiger partial charge in [0.1, 0.15) is 5.82 Å². The third-order valence-corrected chi connectivity index (χ3v) is 3.66. The van der Waals surface area contributed by atoms with Crippen LogP contribution in [0.5, 0.6) is 0 Å². The first-order chi connectivity index (χ1) is 8.56. The molecule has 1 saturated heterocycles. The van der Waals surface area contributed by atoms with Crippen LogP contribution in [0.2, 0.25) is 0 Å². The third kappa shape index (κ3) is 2.61. The highest BCUT2D eigenvalue weighted by Crippen LogP contribution is 2.30. The summed E-state index contributed by atoms with van der Waals surface area (Å²) in [6.45, 7) is 5.98. The van der Waals surface area contributed by atoms with Crippen molar-refractivity contribution in [1.82, 2.24) is 9.78 Å². The standard InChI is InChI=1S/C13H24N4O/c1-4-5-10-11(14)12(17(3)16-10)15-13(2)6-8-18-9-7-13/h15H,4-9,14H2,1-3H3. The average Bonchev–Trinajstić information content (AvgIpc) is 2.58. The number of hydrogen-bond acceptors (Lipinski definition) is 4. The van der Waals surface area contributed by atoms with Gasteiger partial charge in [-0.2, -0.15) is 5.10 Å². The minimum absolute atomic E-state index is 0.0592. The second kappa shape index (κ2) is 5.18. The van der Waals surface area contributed by atoms with E-state index in [0.717, 1.165) is 56.1 Å². The summed E-state index contributed by atoms with van der Waals surface area (Å²) < 4.78 is 7.28. The third-order valence-electron chi connectivity index (χ3n) is 3.66. The first-order valence-corrected chi connectivity index (χ1v) is 6.73. The number of nitrogen functional groups attached to an aromatic ring is 1. The van der Waals surface area contributed by atoms with Gasteiger partial charge in [-0.05, 0) is 26.2 Å². The van der Waals surface area contributed by atoms with Gasteiger partial charge in [0, 0.05) is 25.8 Å². The minimum Gasteiger partial charge on any atom is -0.394 e. The molecule has 0 saturated carbocycles. The smallest absolute Gasteiger partial charge is 0.148 e. The van der Waals surface area contributed by atoms with Crippen molar-refractivity contribution >= 4 is 11.5 Å². The Morgan fingerprint density at radius 3 is 2.72 bits per heavy atom. The predicted octanol–water partition coefficient (Wildman–Crippen LogP) is 1.94. The van der Waals surface area contributed by atoms with Gasteiger partial charge >= 0.3 is 0 Å². The normalized spacial score (nSPS) is 18.8. The summed E-state index contributed by atoms with van der Waals surface area (Å²) in [5.74, 6) is 0.947. The van der Waals surface area contributed by atoms with E-state index < -0.39 is 0 Å². The maximum Gasteiger partial charge on any atom is 0.148 e. The number of anilines is 2. The molecule has 1 aromatic heterocycles. The van der Waals surface area contributed by atoms with Crippen molar-refractivity contribution in [2.75, 3.05) is 24.3 Å². The van der Waals surface area contributed by atoms with E-state index >= 15 is 0 Å². The van der Waals surface area contributed by atoms with Gasteiger partial charge < -0.3 is 15.8 Å². The molecule has 0 amide bonds. The van der Waals surface area contributed by atoms with Crippen LogP contribution in [0, 0.1) is 0 Å². The zero-order valence-corrected chi connectivity index (χ0v) is 11.6. The van der Waals surface area contributed by atoms with Crippen LogP contribution < -0.4 is 11.1 Å². The van der Waals surface area contributed by atoms with Crippen LogP contribution in [0.4, 0.5) is 11.5 Å². The van der Waals surface area contributed by atoms with Gasteiger partial charge in [0.05, 0.1) is 11.4 Å². The van der Waals surface area contributed by atoms with Gasteiger partial charge in [-0.15, -0.1) is 0 Å². The molecule has 5 nitrogen and oxygen atoms in total. The lowest BCUT2D eigenvalue weighted by Gasteiger charge is -2.35. The Morgan fingerprint density at radius 1 is 1.44 bits per heavy atom. The van der Waals surface area contributed by atoms with Crippen LogP contribution in [-0.4, -0.2) is 28.5 Å². The van der Waals surface area contributed by atoms with Crippen molar-refractivity contribution in [3.05, 3.63) is 5.69 Å². The quantitative estimate of drug-likeness (QED) is 0.859. The lowest BCUT2D eigenvalue weighted by molar-refractivity contribution is 0.0656. The molecule has 5 heteroatoms. The molecule has 2 rings (SSSR count). The maximum absolute atomic E-state index is 6.19. The Hall–Kier alpha value is -1.23. The second-order valence-corrected chi connectivity index (χ2v) is 5.38. The van der Waals surface area contributed by atoms with Crippen molar-refractivity contribution in [3.63, 3.8) is 0 Å². The summed E-state index contributed by atoms with van der Waals surface area (Å²) in [5, 5.41) is 8.06. The van der Waals surface area contributed by atoms with Crippen molar-refractivity contribution in [2.24, 2.45) is 7.05 Å². The van der Waals surface area contributed by atoms with Crippen LogP contribution in [-0.2, 0) is 18.2 Å². The fourth-order valence-corrected chi connectivity index (χ4v) is 2.40. The summed E-state index contributed by atoms with van der Waals surface area (Å²) in [7, 11) is 1.94. The lowest BCUT2D eigenvalue weighted by Crippen LogP contribution is -2.41. The highest BCUT2D eigenvalue weighted by molar-refractivity contribution is 5.66. The number of nitrogens with zero attached hydrogens (tertiary/aromatic N) is 2. The number of nitrogens with one attached hydrogen (secondary N) is 1. The summed E-state index contributed by atoms with van der Waals surface area (Å²) in [5.41, 5.74) is 8.04. The van der Waals surface area contributed by atoms with Crippen LogP contribution in [0.1, 0.15) is 38.8 Å². The molecule has 2 heterocycles. The highest BCUT2D eigenvalue weighted by Gasteiger charge is 2.29. The Labute approximate surface area is 109 Å². The molecule has 0 aromatic carbocycles. The zero-order valence-electron chi connectivity index (χ0n) is 11.6. The van der Waals surface area contributed by atoms with Crippen LogP contribution >= 0.6 is 0 Å². The molecule has 102 valence electrons. The molecule has 1 aromatic rings. The van der Waals surface area contributed by atoms with E-state index in [1.807, 2.05) is 11.7 Å². The summed E-state index contributed by atoms with van der Waals surface area (Å²) in [6.07, 6.45) is 3.99. The first-order valence-electron chi connectivity index (χ1n) is 6.73. The summed E-state index contributed by atoms with van der Waals surface area (Å²) in [4.78, 5) is 0. The summed E-state index contributed by atoms with van der Waals surface area (Å²) in [6, 6.07) is 0. The number of ether oxygens (including phenoxy) is 1. The molecule has 0 spiro atoms. The molecular weight excluding hydrogens is 228 g/mol. The molecule has 0 radical (unpaired) electrons. The number of rotatable bonds is 4. The molecule has 0 aliphatic carbocycles. The van der Waals surface area contributed by atoms with E-state index in [2.05, 4.69) is 24.3 Å². The van der Waals surface area contributed by atoms with Crippen LogP contribution in [0.25, 0.3) is 0 Å². The predicted molar refractivity (Wildman–Crippen MR) is 73.7 cm³/mol. The van der Waals surface area contributed by atoms with E-state index in [0.29, 0.717) is 0 Å². The van der Waals surface area contributed by atoms with E-state index in [9.17, 15) is 0 Å². The molecule has 3 N–H and O–H groups in total. The number of hydrogen-bond donors (Lipinski definition) is 2. The van der Waals surface area contributed by atoms with Gasteiger partial charge in [0.15, 0.2) is 0 Å². The fourth-order valence-electron chi connectivity index (χ4n) is 2.40. The molecule has 18 heavy (non-hydrogen) atoms. The SMILES string of the molecule is CCCc1nn(C)c(NC2(C)CCOCC2)c1N. The van der Waals surface area contributed by atoms with E-state index in [-0.39, 0.29) is 5.54 Å². The number of aromatic nitrogens is 2. The maximum atomic E-state index is 6.19. The van der Waals surface area contributed by atoms with Crippen molar-refractivity contribution < 1.29 is 4.74 Å². The average molecular weight is 252 g/mol. The molecule has 0 bridgehead atoms. The zero-order chi connectivity index (χ0) is 13.2. The lowest BCUT2D eigenvalue weighted by atomic mass is 9.92. The van der Waals surface area contributed by atoms with Gasteiger partial charge in [-0.3, -0.25) is 4.68 Å². The van der Waals surface area contributed by atoms with Crippen molar-refractivity contribution in [1.29, 1.82) is 0 Å². The van der Waals surface area contributed by atoms with E-state index in [1.54, 1.807) is 0 Å². The van der Waals surface area contributed by atoms with Crippen molar-refractivity contribution in [2.45, 2.75) is 45.1 Å². The highest BCUT2D eigenvalue weighted by atomic mass is 16.5. The monoisotopic (exact) mass is 252 g/mol. The molecule has 1 fully saturated rings. The number of nitrogens with two attached hydrogens (primary N) is 1. The Balaban J connectivity index is 2.17. The van der Waals surface area contributed by atoms with Gasteiger partial charge in [0.2, 0.25) is 0 Å². The summed E-state index contributed by atoms with van der Waals surface area (Å²) >= 11 is 0. The number of aryl methyl sites for hydroxylation is 2. The van der Waals surface area contributed by atoms with Crippen LogP contribution in [0.15, 0.2) is 0 Å². The molecule has 0 unspecified atom stereocenters. The molecule has 1 aliphatic rings. The van der Waals surface area contributed by atoms with Crippen LogP contribution in [0.3, 0.4) is 0 Å². The van der Waals surface area contributed by atoms with Crippen molar-refractivity contribution in [3.8, 4) is 0 Å². The van der Waals surface area contributed by atoms with Gasteiger partial charge in [-0.1, -0.05) is 13.3 Å². The minimum atomic E-state index is 0.0592.